The number of hydrogen-bond acceptors (Lipinski definition) is 8. The zero-order valence-electron chi connectivity index (χ0n) is 27.2. The SMILES string of the molecule is CC.CCOc1ccc(OC(c2ccccc2)c2ccc(OCCN(CC)CC)cc2)cc1.O=C(O)CC(O)(CC(=O)O)C(=O)O. The molecule has 3 rings (SSSR count). The van der Waals surface area contributed by atoms with Crippen molar-refractivity contribution >= 4 is 17.9 Å². The number of rotatable bonds is 17. The van der Waals surface area contributed by atoms with Crippen molar-refractivity contribution in [2.75, 3.05) is 32.8 Å². The van der Waals surface area contributed by atoms with E-state index in [1.54, 1.807) is 0 Å². The molecule has 1 atom stereocenters. The second-order valence-corrected chi connectivity index (χ2v) is 9.74. The van der Waals surface area contributed by atoms with Crippen molar-refractivity contribution in [1.29, 1.82) is 0 Å². The molecular weight excluding hydrogens is 594 g/mol. The Bertz CT molecular complexity index is 1280. The van der Waals surface area contributed by atoms with E-state index < -0.39 is 36.4 Å². The van der Waals surface area contributed by atoms with Crippen LogP contribution in [0.4, 0.5) is 0 Å². The molecule has 0 fully saturated rings. The zero-order chi connectivity index (χ0) is 34.5. The van der Waals surface area contributed by atoms with Crippen LogP contribution in [-0.2, 0) is 14.4 Å². The second kappa shape index (κ2) is 21.2. The Morgan fingerprint density at radius 2 is 1.15 bits per heavy atom. The number of aliphatic carboxylic acids is 3. The number of nitrogens with zero attached hydrogens (tertiary/aromatic N) is 1. The van der Waals surface area contributed by atoms with Gasteiger partial charge in [0.25, 0.3) is 0 Å². The average molecular weight is 642 g/mol. The summed E-state index contributed by atoms with van der Waals surface area (Å²) in [5.41, 5.74) is -0.555. The molecule has 0 saturated carbocycles. The molecule has 0 aromatic heterocycles. The molecular formula is C35H47NO10. The van der Waals surface area contributed by atoms with Gasteiger partial charge in [-0.2, -0.15) is 0 Å². The van der Waals surface area contributed by atoms with Crippen LogP contribution in [0.5, 0.6) is 17.2 Å². The first-order valence-corrected chi connectivity index (χ1v) is 15.3. The van der Waals surface area contributed by atoms with Crippen molar-refractivity contribution in [3.63, 3.8) is 0 Å². The van der Waals surface area contributed by atoms with Gasteiger partial charge in [0, 0.05) is 6.54 Å². The van der Waals surface area contributed by atoms with Crippen LogP contribution >= 0.6 is 0 Å². The van der Waals surface area contributed by atoms with E-state index in [9.17, 15) is 14.4 Å². The summed E-state index contributed by atoms with van der Waals surface area (Å²) in [5, 5.41) is 33.8. The van der Waals surface area contributed by atoms with Crippen molar-refractivity contribution in [2.45, 2.75) is 59.2 Å². The van der Waals surface area contributed by atoms with Crippen molar-refractivity contribution in [3.05, 3.63) is 90.0 Å². The van der Waals surface area contributed by atoms with E-state index >= 15 is 0 Å². The van der Waals surface area contributed by atoms with Gasteiger partial charge in [-0.25, -0.2) is 4.79 Å². The molecule has 11 nitrogen and oxygen atoms in total. The molecule has 0 aliphatic heterocycles. The average Bonchev–Trinajstić information content (AvgIpc) is 3.04. The number of carboxylic acids is 3. The van der Waals surface area contributed by atoms with Crippen LogP contribution in [0.15, 0.2) is 78.9 Å². The van der Waals surface area contributed by atoms with Gasteiger partial charge in [-0.1, -0.05) is 70.2 Å². The molecule has 4 N–H and O–H groups in total. The summed E-state index contributed by atoms with van der Waals surface area (Å²) in [5.74, 6) is -2.49. The number of carboxylic acid groups (broad SMARTS) is 3. The first kappa shape index (κ1) is 39.4. The topological polar surface area (TPSA) is 163 Å². The molecule has 3 aromatic rings. The highest BCUT2D eigenvalue weighted by atomic mass is 16.5. The molecule has 0 bridgehead atoms. The Hall–Kier alpha value is -4.61. The highest BCUT2D eigenvalue weighted by Crippen LogP contribution is 2.30. The van der Waals surface area contributed by atoms with Crippen molar-refractivity contribution in [3.8, 4) is 17.2 Å². The fraction of sp³-hybridized carbons (Fsp3) is 0.400. The smallest absolute Gasteiger partial charge is 0.336 e. The van der Waals surface area contributed by atoms with Gasteiger partial charge in [-0.15, -0.1) is 0 Å². The van der Waals surface area contributed by atoms with Gasteiger partial charge in [0.1, 0.15) is 30.0 Å². The Balaban J connectivity index is 0.000000595. The minimum atomic E-state index is -2.74. The zero-order valence-corrected chi connectivity index (χ0v) is 27.2. The summed E-state index contributed by atoms with van der Waals surface area (Å²) in [6.45, 7) is 14.7. The third kappa shape index (κ3) is 14.0. The second-order valence-electron chi connectivity index (χ2n) is 9.74. The maximum atomic E-state index is 10.3. The predicted molar refractivity (Wildman–Crippen MR) is 175 cm³/mol. The number of benzene rings is 3. The molecule has 0 aliphatic rings. The van der Waals surface area contributed by atoms with Gasteiger partial charge in [0.2, 0.25) is 0 Å². The van der Waals surface area contributed by atoms with E-state index in [0.717, 1.165) is 48.0 Å². The van der Waals surface area contributed by atoms with Crippen LogP contribution in [0.3, 0.4) is 0 Å². The lowest BCUT2D eigenvalue weighted by atomic mass is 9.96. The van der Waals surface area contributed by atoms with Crippen molar-refractivity contribution in [2.24, 2.45) is 0 Å². The Morgan fingerprint density at radius 1 is 0.696 bits per heavy atom. The number of aliphatic hydroxyl groups is 1. The predicted octanol–water partition coefficient (Wildman–Crippen LogP) is 5.75. The molecule has 0 aliphatic carbocycles. The molecule has 46 heavy (non-hydrogen) atoms. The van der Waals surface area contributed by atoms with Crippen molar-refractivity contribution < 1.29 is 49.0 Å². The molecule has 0 heterocycles. The highest BCUT2D eigenvalue weighted by Gasteiger charge is 2.40. The molecule has 0 spiro atoms. The van der Waals surface area contributed by atoms with E-state index in [1.165, 1.54) is 0 Å². The van der Waals surface area contributed by atoms with Gasteiger partial charge in [0.05, 0.1) is 19.4 Å². The molecule has 0 radical (unpaired) electrons. The van der Waals surface area contributed by atoms with Gasteiger partial charge in [-0.3, -0.25) is 9.59 Å². The lowest BCUT2D eigenvalue weighted by molar-refractivity contribution is -0.170. The van der Waals surface area contributed by atoms with E-state index in [2.05, 4.69) is 43.0 Å². The fourth-order valence-electron chi connectivity index (χ4n) is 4.16. The monoisotopic (exact) mass is 641 g/mol. The van der Waals surface area contributed by atoms with Crippen LogP contribution in [0.2, 0.25) is 0 Å². The summed E-state index contributed by atoms with van der Waals surface area (Å²) in [6, 6.07) is 26.3. The fourth-order valence-corrected chi connectivity index (χ4v) is 4.16. The lowest BCUT2D eigenvalue weighted by Crippen LogP contribution is -2.42. The molecule has 11 heteroatoms. The summed E-state index contributed by atoms with van der Waals surface area (Å²) in [7, 11) is 0. The van der Waals surface area contributed by atoms with Gasteiger partial charge >= 0.3 is 17.9 Å². The quantitative estimate of drug-likeness (QED) is 0.142. The van der Waals surface area contributed by atoms with E-state index in [-0.39, 0.29) is 6.10 Å². The van der Waals surface area contributed by atoms with Crippen molar-refractivity contribution in [1.82, 2.24) is 4.90 Å². The minimum Gasteiger partial charge on any atom is -0.494 e. The first-order chi connectivity index (χ1) is 22.0. The summed E-state index contributed by atoms with van der Waals surface area (Å²) < 4.78 is 17.9. The van der Waals surface area contributed by atoms with E-state index in [4.69, 9.17) is 34.6 Å². The third-order valence-corrected chi connectivity index (χ3v) is 6.53. The van der Waals surface area contributed by atoms with Crippen LogP contribution in [0.1, 0.15) is 64.7 Å². The molecule has 252 valence electrons. The molecule has 0 saturated heterocycles. The third-order valence-electron chi connectivity index (χ3n) is 6.53. The largest absolute Gasteiger partial charge is 0.494 e. The summed E-state index contributed by atoms with van der Waals surface area (Å²) >= 11 is 0. The summed E-state index contributed by atoms with van der Waals surface area (Å²) in [4.78, 5) is 32.8. The Kier molecular flexibility index (Phi) is 18.2. The maximum absolute atomic E-state index is 10.3. The van der Waals surface area contributed by atoms with Crippen LogP contribution < -0.4 is 14.2 Å². The standard InChI is InChI=1S/C27H33NO3.C6H8O7.C2H6/c1-4-28(5-2)20-21-30-25-14-12-23(13-15-25)27(22-10-8-7-9-11-22)31-26-18-16-24(17-19-26)29-6-3;7-3(8)1-6(13,5(11)12)2-4(9)10;1-2/h7-19,27H,4-6,20-21H2,1-3H3;13H,1-2H2,(H,7,8)(H,9,10)(H,11,12);1-2H3. The highest BCUT2D eigenvalue weighted by molar-refractivity contribution is 5.88. The number of likely N-dealkylation sites (N-methyl/N-ethyl adjacent to an activating group) is 1. The maximum Gasteiger partial charge on any atom is 0.336 e. The Morgan fingerprint density at radius 3 is 1.61 bits per heavy atom. The number of hydrogen-bond donors (Lipinski definition) is 4. The normalized spacial score (nSPS) is 11.2. The molecule has 3 aromatic carbocycles. The first-order valence-electron chi connectivity index (χ1n) is 15.3. The number of carbonyl (C=O) groups is 3. The molecule has 0 amide bonds. The van der Waals surface area contributed by atoms with Gasteiger partial charge < -0.3 is 39.5 Å². The van der Waals surface area contributed by atoms with Gasteiger partial charge in [-0.05, 0) is 67.5 Å². The minimum absolute atomic E-state index is 0.205. The summed E-state index contributed by atoms with van der Waals surface area (Å²) in [6.07, 6.45) is -2.49. The number of ether oxygens (including phenoxy) is 3. The van der Waals surface area contributed by atoms with Gasteiger partial charge in [0.15, 0.2) is 5.60 Å². The lowest BCUT2D eigenvalue weighted by Gasteiger charge is -2.21. The molecule has 1 unspecified atom stereocenters. The van der Waals surface area contributed by atoms with Crippen LogP contribution in [-0.4, -0.2) is 81.7 Å². The van der Waals surface area contributed by atoms with Crippen LogP contribution in [0, 0.1) is 0 Å². The Labute approximate surface area is 271 Å². The van der Waals surface area contributed by atoms with E-state index in [1.807, 2.05) is 75.4 Å². The van der Waals surface area contributed by atoms with Crippen LogP contribution in [0.25, 0.3) is 0 Å². The van der Waals surface area contributed by atoms with E-state index in [0.29, 0.717) is 13.2 Å².